The van der Waals surface area contributed by atoms with Gasteiger partial charge in [0.05, 0.1) is 8.49 Å². The first-order valence-corrected chi connectivity index (χ1v) is 7.43. The van der Waals surface area contributed by atoms with Crippen LogP contribution in [0.15, 0.2) is 42.5 Å². The lowest BCUT2D eigenvalue weighted by Gasteiger charge is -2.08. The second-order valence-electron chi connectivity index (χ2n) is 4.45. The third-order valence-electron chi connectivity index (χ3n) is 3.07. The van der Waals surface area contributed by atoms with E-state index in [1.807, 2.05) is 22.6 Å². The third-order valence-corrected chi connectivity index (χ3v) is 3.94. The predicted molar refractivity (Wildman–Crippen MR) is 89.0 cm³/mol. The average molecular weight is 382 g/mol. The second-order valence-corrected chi connectivity index (χ2v) is 5.61. The van der Waals surface area contributed by atoms with Gasteiger partial charge in [-0.3, -0.25) is 10.1 Å². The molecule has 0 amide bonds. The van der Waals surface area contributed by atoms with Crippen LogP contribution in [-0.4, -0.2) is 4.92 Å². The van der Waals surface area contributed by atoms with E-state index in [1.54, 1.807) is 12.1 Å². The number of nitrogens with one attached hydrogen (secondary N) is 1. The Hall–Kier alpha value is -1.63. The van der Waals surface area contributed by atoms with Crippen molar-refractivity contribution in [3.05, 3.63) is 67.3 Å². The molecule has 0 atom stereocenters. The molecule has 0 bridgehead atoms. The van der Waals surface area contributed by atoms with Crippen LogP contribution in [0.4, 0.5) is 11.4 Å². The van der Waals surface area contributed by atoms with E-state index in [0.29, 0.717) is 10.1 Å². The summed E-state index contributed by atoms with van der Waals surface area (Å²) < 4.78 is 0.638. The predicted octanol–water partition coefficient (Wildman–Crippen LogP) is 4.37. The summed E-state index contributed by atoms with van der Waals surface area (Å²) in [6, 6.07) is 13.5. The van der Waals surface area contributed by atoms with Crippen LogP contribution >= 0.6 is 22.6 Å². The molecule has 0 aliphatic heterocycles. The molecule has 0 aromatic heterocycles. The first-order chi connectivity index (χ1) is 9.60. The molecule has 1 N–H and O–H groups in total. The van der Waals surface area contributed by atoms with Gasteiger partial charge in [0.1, 0.15) is 0 Å². The summed E-state index contributed by atoms with van der Waals surface area (Å²) in [4.78, 5) is 10.4. The van der Waals surface area contributed by atoms with Crippen molar-refractivity contribution in [2.45, 2.75) is 19.9 Å². The van der Waals surface area contributed by atoms with Gasteiger partial charge in [-0.1, -0.05) is 31.2 Å². The van der Waals surface area contributed by atoms with E-state index >= 15 is 0 Å². The Morgan fingerprint density at radius 3 is 2.35 bits per heavy atom. The molecule has 0 saturated carbocycles. The van der Waals surface area contributed by atoms with Gasteiger partial charge in [-0.2, -0.15) is 0 Å². The summed E-state index contributed by atoms with van der Waals surface area (Å²) in [5.74, 6) is 0. The third kappa shape index (κ3) is 3.69. The molecule has 0 saturated heterocycles. The summed E-state index contributed by atoms with van der Waals surface area (Å²) in [5, 5.41) is 14.0. The van der Waals surface area contributed by atoms with E-state index in [0.717, 1.165) is 12.1 Å². The van der Waals surface area contributed by atoms with Crippen LogP contribution < -0.4 is 5.32 Å². The monoisotopic (exact) mass is 382 g/mol. The Morgan fingerprint density at radius 2 is 1.80 bits per heavy atom. The number of anilines is 1. The number of hydrogen-bond donors (Lipinski definition) is 1. The molecular formula is C15H15IN2O2. The van der Waals surface area contributed by atoms with E-state index in [-0.39, 0.29) is 10.6 Å². The van der Waals surface area contributed by atoms with Crippen LogP contribution in [0.3, 0.4) is 0 Å². The van der Waals surface area contributed by atoms with Crippen molar-refractivity contribution in [1.82, 2.24) is 0 Å². The number of hydrogen-bond acceptors (Lipinski definition) is 3. The fraction of sp³-hybridized carbons (Fsp3) is 0.200. The van der Waals surface area contributed by atoms with Crippen LogP contribution in [-0.2, 0) is 13.0 Å². The van der Waals surface area contributed by atoms with Crippen LogP contribution in [0.1, 0.15) is 18.1 Å². The van der Waals surface area contributed by atoms with Crippen molar-refractivity contribution in [1.29, 1.82) is 0 Å². The highest BCUT2D eigenvalue weighted by Crippen LogP contribution is 2.24. The van der Waals surface area contributed by atoms with Gasteiger partial charge in [0, 0.05) is 18.3 Å². The number of nitro benzene ring substituents is 1. The Labute approximate surface area is 131 Å². The van der Waals surface area contributed by atoms with Crippen molar-refractivity contribution >= 4 is 34.0 Å². The highest BCUT2D eigenvalue weighted by atomic mass is 127. The van der Waals surface area contributed by atoms with Gasteiger partial charge in [0.25, 0.3) is 5.69 Å². The first-order valence-electron chi connectivity index (χ1n) is 6.35. The Morgan fingerprint density at radius 1 is 1.15 bits per heavy atom. The molecular weight excluding hydrogens is 367 g/mol. The van der Waals surface area contributed by atoms with Crippen molar-refractivity contribution in [3.8, 4) is 0 Å². The summed E-state index contributed by atoms with van der Waals surface area (Å²) in [7, 11) is 0. The fourth-order valence-corrected chi connectivity index (χ4v) is 2.57. The minimum Gasteiger partial charge on any atom is -0.381 e. The smallest absolute Gasteiger partial charge is 0.282 e. The highest BCUT2D eigenvalue weighted by molar-refractivity contribution is 14.1. The number of nitro groups is 1. The van der Waals surface area contributed by atoms with E-state index in [9.17, 15) is 10.1 Å². The Kier molecular flexibility index (Phi) is 4.94. The largest absolute Gasteiger partial charge is 0.381 e. The molecule has 0 radical (unpaired) electrons. The molecule has 0 aliphatic rings. The lowest BCUT2D eigenvalue weighted by Crippen LogP contribution is -2.00. The minimum absolute atomic E-state index is 0.142. The lowest BCUT2D eigenvalue weighted by molar-refractivity contribution is -0.385. The van der Waals surface area contributed by atoms with E-state index in [2.05, 4.69) is 36.5 Å². The average Bonchev–Trinajstić information content (AvgIpc) is 2.45. The van der Waals surface area contributed by atoms with Crippen molar-refractivity contribution in [3.63, 3.8) is 0 Å². The molecule has 2 rings (SSSR count). The zero-order chi connectivity index (χ0) is 14.5. The zero-order valence-corrected chi connectivity index (χ0v) is 13.3. The molecule has 5 heteroatoms. The van der Waals surface area contributed by atoms with Gasteiger partial charge in [-0.05, 0) is 52.3 Å². The number of halogens is 1. The maximum atomic E-state index is 10.8. The Balaban J connectivity index is 2.03. The van der Waals surface area contributed by atoms with Gasteiger partial charge in [0.2, 0.25) is 0 Å². The standard InChI is InChI=1S/C15H15IN2O2/c1-2-11-3-5-12(6-4-11)10-17-13-7-8-15(18(19)20)14(16)9-13/h3-9,17H,2,10H2,1H3. The minimum atomic E-state index is -0.366. The van der Waals surface area contributed by atoms with Crippen molar-refractivity contribution in [2.75, 3.05) is 5.32 Å². The quantitative estimate of drug-likeness (QED) is 0.475. The molecule has 0 fully saturated rings. The summed E-state index contributed by atoms with van der Waals surface area (Å²) in [5.41, 5.74) is 3.54. The highest BCUT2D eigenvalue weighted by Gasteiger charge is 2.11. The molecule has 20 heavy (non-hydrogen) atoms. The van der Waals surface area contributed by atoms with E-state index in [4.69, 9.17) is 0 Å². The summed E-state index contributed by atoms with van der Waals surface area (Å²) >= 11 is 1.98. The van der Waals surface area contributed by atoms with Crippen LogP contribution in [0.5, 0.6) is 0 Å². The first kappa shape index (κ1) is 14.8. The van der Waals surface area contributed by atoms with E-state index in [1.165, 1.54) is 17.2 Å². The number of rotatable bonds is 5. The van der Waals surface area contributed by atoms with Crippen LogP contribution in [0.2, 0.25) is 0 Å². The molecule has 0 spiro atoms. The van der Waals surface area contributed by atoms with Crippen LogP contribution in [0, 0.1) is 13.7 Å². The molecule has 2 aromatic carbocycles. The molecule has 0 unspecified atom stereocenters. The lowest BCUT2D eigenvalue weighted by atomic mass is 10.1. The van der Waals surface area contributed by atoms with Gasteiger partial charge in [-0.15, -0.1) is 0 Å². The molecule has 0 heterocycles. The maximum Gasteiger partial charge on any atom is 0.282 e. The van der Waals surface area contributed by atoms with Gasteiger partial charge in [0.15, 0.2) is 0 Å². The molecule has 104 valence electrons. The van der Waals surface area contributed by atoms with E-state index < -0.39 is 0 Å². The van der Waals surface area contributed by atoms with Gasteiger partial charge >= 0.3 is 0 Å². The molecule has 2 aromatic rings. The van der Waals surface area contributed by atoms with Crippen molar-refractivity contribution < 1.29 is 4.92 Å². The fourth-order valence-electron chi connectivity index (χ4n) is 1.86. The normalized spacial score (nSPS) is 10.3. The SMILES string of the molecule is CCc1ccc(CNc2ccc([N+](=O)[O-])c(I)c2)cc1. The van der Waals surface area contributed by atoms with Crippen molar-refractivity contribution in [2.24, 2.45) is 0 Å². The Bertz CT molecular complexity index is 612. The van der Waals surface area contributed by atoms with Crippen LogP contribution in [0.25, 0.3) is 0 Å². The van der Waals surface area contributed by atoms with Gasteiger partial charge < -0.3 is 5.32 Å². The topological polar surface area (TPSA) is 55.2 Å². The zero-order valence-electron chi connectivity index (χ0n) is 11.1. The second kappa shape index (κ2) is 6.69. The number of benzene rings is 2. The van der Waals surface area contributed by atoms with Gasteiger partial charge in [-0.25, -0.2) is 0 Å². The maximum absolute atomic E-state index is 10.8. The molecule has 4 nitrogen and oxygen atoms in total. The number of nitrogens with zero attached hydrogens (tertiary/aromatic N) is 1. The summed E-state index contributed by atoms with van der Waals surface area (Å²) in [6.07, 6.45) is 1.04. The molecule has 0 aliphatic carbocycles. The summed E-state index contributed by atoms with van der Waals surface area (Å²) in [6.45, 7) is 2.84. The number of aryl methyl sites for hydroxylation is 1.